The number of aryl methyl sites for hydroxylation is 1. The Bertz CT molecular complexity index is 1150. The van der Waals surface area contributed by atoms with Gasteiger partial charge in [-0.3, -0.25) is 4.79 Å². The van der Waals surface area contributed by atoms with Crippen LogP contribution in [0.5, 0.6) is 0 Å². The number of benzene rings is 1. The summed E-state index contributed by atoms with van der Waals surface area (Å²) in [7, 11) is 0. The van der Waals surface area contributed by atoms with Crippen LogP contribution in [0.4, 0.5) is 4.39 Å². The Morgan fingerprint density at radius 1 is 1.24 bits per heavy atom. The highest BCUT2D eigenvalue weighted by molar-refractivity contribution is 5.97. The van der Waals surface area contributed by atoms with E-state index in [2.05, 4.69) is 9.98 Å². The van der Waals surface area contributed by atoms with Gasteiger partial charge in [0.25, 0.3) is 0 Å². The van der Waals surface area contributed by atoms with E-state index in [-0.39, 0.29) is 11.9 Å². The molecule has 3 heterocycles. The van der Waals surface area contributed by atoms with Crippen LogP contribution in [0.1, 0.15) is 28.5 Å². The van der Waals surface area contributed by atoms with Crippen LogP contribution < -0.4 is 11.1 Å². The molecule has 1 aliphatic heterocycles. The number of primary amides is 1. The number of carbonyl (C=O) groups excluding carboxylic acids is 2. The summed E-state index contributed by atoms with van der Waals surface area (Å²) in [5, 5.41) is 1.28. The third-order valence-electron chi connectivity index (χ3n) is 5.09. The average molecular weight is 392 g/mol. The number of aromatic nitrogens is 2. The fourth-order valence-electron chi connectivity index (χ4n) is 3.71. The second-order valence-corrected chi connectivity index (χ2v) is 6.74. The van der Waals surface area contributed by atoms with E-state index in [9.17, 15) is 14.0 Å². The zero-order chi connectivity index (χ0) is 20.6. The summed E-state index contributed by atoms with van der Waals surface area (Å²) in [4.78, 5) is 32.7. The van der Waals surface area contributed by atoms with Gasteiger partial charge in [-0.1, -0.05) is 18.2 Å². The fraction of sp³-hybridized carbons (Fsp3) is 0.143. The van der Waals surface area contributed by atoms with Gasteiger partial charge in [0.05, 0.1) is 5.69 Å². The highest BCUT2D eigenvalue weighted by Crippen LogP contribution is 2.37. The molecule has 0 radical (unpaired) electrons. The normalized spacial score (nSPS) is 18.7. The molecule has 1 aromatic carbocycles. The van der Waals surface area contributed by atoms with Gasteiger partial charge in [-0.2, -0.15) is 9.38 Å². The molecular formula is C21H19FN5O2+. The number of quaternary nitrogens is 1. The van der Waals surface area contributed by atoms with Crippen molar-refractivity contribution in [3.63, 3.8) is 0 Å². The summed E-state index contributed by atoms with van der Waals surface area (Å²) in [5.41, 5.74) is 6.85. The molecule has 4 N–H and O–H groups in total. The number of nitrogens with zero attached hydrogens (tertiary/aromatic N) is 3. The predicted octanol–water partition coefficient (Wildman–Crippen LogP) is 1.18. The number of hydrogen-bond acceptors (Lipinski definition) is 5. The molecule has 1 aliphatic rings. The van der Waals surface area contributed by atoms with Crippen molar-refractivity contribution in [2.75, 3.05) is 0 Å². The highest BCUT2D eigenvalue weighted by Gasteiger charge is 2.51. The predicted molar refractivity (Wildman–Crippen MR) is 104 cm³/mol. The minimum absolute atomic E-state index is 0.102. The molecule has 0 saturated heterocycles. The number of pyridine rings is 1. The first-order valence-electron chi connectivity index (χ1n) is 9.11. The molecule has 146 valence electrons. The first-order valence-corrected chi connectivity index (χ1v) is 9.11. The number of nitrogens with two attached hydrogens (primary N) is 2. The molecule has 1 amide bonds. The first kappa shape index (κ1) is 18.7. The third-order valence-corrected chi connectivity index (χ3v) is 5.09. The molecule has 2 aromatic heterocycles. The molecule has 0 saturated carbocycles. The van der Waals surface area contributed by atoms with Crippen molar-refractivity contribution >= 4 is 18.2 Å². The van der Waals surface area contributed by atoms with Gasteiger partial charge in [0.15, 0.2) is 6.29 Å². The van der Waals surface area contributed by atoms with Crippen LogP contribution in [0.3, 0.4) is 0 Å². The Hall–Kier alpha value is -3.65. The quantitative estimate of drug-likeness (QED) is 0.502. The van der Waals surface area contributed by atoms with E-state index < -0.39 is 11.5 Å². The molecule has 0 fully saturated rings. The van der Waals surface area contributed by atoms with Crippen molar-refractivity contribution in [1.29, 1.82) is 0 Å². The third kappa shape index (κ3) is 2.94. The lowest BCUT2D eigenvalue weighted by atomic mass is 9.83. The molecule has 7 nitrogen and oxygen atoms in total. The van der Waals surface area contributed by atoms with Gasteiger partial charge in [0.2, 0.25) is 11.5 Å². The largest absolute Gasteiger partial charge is 0.355 e. The lowest BCUT2D eigenvalue weighted by molar-refractivity contribution is -0.450. The monoisotopic (exact) mass is 392 g/mol. The van der Waals surface area contributed by atoms with Crippen LogP contribution in [0, 0.1) is 5.95 Å². The SMILES string of the molecule is CCn1cc(C2(c3cccc(-c4cccnc4F)c3)N=C(N)[NH2+]C2=O)cc1C=O. The average Bonchev–Trinajstić information content (AvgIpc) is 3.29. The number of aldehydes is 1. The zero-order valence-corrected chi connectivity index (χ0v) is 15.7. The second-order valence-electron chi connectivity index (χ2n) is 6.74. The summed E-state index contributed by atoms with van der Waals surface area (Å²) in [6, 6.07) is 11.8. The number of guanidine groups is 1. The summed E-state index contributed by atoms with van der Waals surface area (Å²) in [6.07, 6.45) is 3.84. The van der Waals surface area contributed by atoms with Crippen molar-refractivity contribution in [3.05, 3.63) is 77.6 Å². The van der Waals surface area contributed by atoms with Crippen LogP contribution in [0.25, 0.3) is 11.1 Å². The van der Waals surface area contributed by atoms with Crippen LogP contribution in [-0.2, 0) is 16.9 Å². The van der Waals surface area contributed by atoms with E-state index in [0.717, 1.165) is 6.29 Å². The van der Waals surface area contributed by atoms with Crippen LogP contribution >= 0.6 is 0 Å². The van der Waals surface area contributed by atoms with Gasteiger partial charge < -0.3 is 10.3 Å². The van der Waals surface area contributed by atoms with Gasteiger partial charge in [0.1, 0.15) is 0 Å². The molecule has 8 heteroatoms. The molecule has 1 unspecified atom stereocenters. The van der Waals surface area contributed by atoms with Crippen molar-refractivity contribution in [3.8, 4) is 11.1 Å². The van der Waals surface area contributed by atoms with Gasteiger partial charge in [-0.25, -0.2) is 15.1 Å². The van der Waals surface area contributed by atoms with Crippen LogP contribution in [0.2, 0.25) is 0 Å². The van der Waals surface area contributed by atoms with E-state index in [1.165, 1.54) is 11.5 Å². The maximum absolute atomic E-state index is 14.2. The lowest BCUT2D eigenvalue weighted by Crippen LogP contribution is -2.93. The first-order chi connectivity index (χ1) is 14.0. The Morgan fingerprint density at radius 3 is 2.69 bits per heavy atom. The minimum Gasteiger partial charge on any atom is -0.345 e. The molecule has 4 rings (SSSR count). The molecule has 0 spiro atoms. The van der Waals surface area contributed by atoms with E-state index in [0.29, 0.717) is 34.5 Å². The Balaban J connectivity index is 1.94. The molecule has 1 atom stereocenters. The van der Waals surface area contributed by atoms with Gasteiger partial charge >= 0.3 is 11.9 Å². The van der Waals surface area contributed by atoms with Crippen molar-refractivity contribution in [2.45, 2.75) is 19.0 Å². The zero-order valence-electron chi connectivity index (χ0n) is 15.7. The fourth-order valence-corrected chi connectivity index (χ4v) is 3.71. The number of rotatable bonds is 5. The number of hydrogen-bond donors (Lipinski definition) is 2. The smallest absolute Gasteiger partial charge is 0.345 e. The molecule has 0 bridgehead atoms. The van der Waals surface area contributed by atoms with Crippen molar-refractivity contribution < 1.29 is 19.3 Å². The second kappa shape index (κ2) is 7.06. The maximum atomic E-state index is 14.2. The summed E-state index contributed by atoms with van der Waals surface area (Å²) in [5.74, 6) is -0.819. The maximum Gasteiger partial charge on any atom is 0.355 e. The van der Waals surface area contributed by atoms with Crippen molar-refractivity contribution in [2.24, 2.45) is 10.7 Å². The van der Waals surface area contributed by atoms with Gasteiger partial charge in [0, 0.05) is 30.1 Å². The van der Waals surface area contributed by atoms with Gasteiger partial charge in [-0.15, -0.1) is 0 Å². The number of aliphatic imine (C=N–C) groups is 1. The Labute approximate surface area is 166 Å². The topological polar surface area (TPSA) is 107 Å². The number of carbonyl (C=O) groups is 2. The Morgan fingerprint density at radius 2 is 2.07 bits per heavy atom. The van der Waals surface area contributed by atoms with E-state index in [1.54, 1.807) is 53.2 Å². The van der Waals surface area contributed by atoms with Crippen molar-refractivity contribution in [1.82, 2.24) is 9.55 Å². The summed E-state index contributed by atoms with van der Waals surface area (Å²) in [6.45, 7) is 2.46. The number of halogens is 1. The van der Waals surface area contributed by atoms with E-state index in [1.807, 2.05) is 6.92 Å². The number of amides is 1. The lowest BCUT2D eigenvalue weighted by Gasteiger charge is -2.21. The molecule has 29 heavy (non-hydrogen) atoms. The molecule has 0 aliphatic carbocycles. The van der Waals surface area contributed by atoms with E-state index >= 15 is 0 Å². The minimum atomic E-state index is -1.42. The molecular weight excluding hydrogens is 373 g/mol. The van der Waals surface area contributed by atoms with Gasteiger partial charge in [-0.05, 0) is 42.3 Å². The summed E-state index contributed by atoms with van der Waals surface area (Å²) >= 11 is 0. The summed E-state index contributed by atoms with van der Waals surface area (Å²) < 4.78 is 16.0. The van der Waals surface area contributed by atoms with Crippen LogP contribution in [-0.4, -0.2) is 27.7 Å². The highest BCUT2D eigenvalue weighted by atomic mass is 19.1. The Kier molecular flexibility index (Phi) is 4.56. The molecule has 3 aromatic rings. The standard InChI is InChI=1S/C21H18FN5O2/c1-2-27-11-15(10-16(27)12-28)21(19(29)25-20(23)26-21)14-6-3-5-13(9-14)17-7-4-8-24-18(17)22/h3-12H,2H2,1H3,(H3,23,25,26,29)/p+1. The van der Waals surface area contributed by atoms with Crippen LogP contribution in [0.15, 0.2) is 59.9 Å². The van der Waals surface area contributed by atoms with E-state index in [4.69, 9.17) is 5.73 Å².